The van der Waals surface area contributed by atoms with Crippen molar-refractivity contribution in [2.45, 2.75) is 29.5 Å². The number of nitrogens with one attached hydrogen (secondary N) is 1. The number of aryl methyl sites for hydroxylation is 1. The van der Waals surface area contributed by atoms with Gasteiger partial charge in [-0.25, -0.2) is 9.59 Å². The van der Waals surface area contributed by atoms with E-state index in [0.717, 1.165) is 5.01 Å². The number of hydrogen-bond acceptors (Lipinski definition) is 9. The topological polar surface area (TPSA) is 168 Å². The molecule has 3 aliphatic rings. The third-order valence-corrected chi connectivity index (χ3v) is 7.69. The molecule has 1 aromatic heterocycles. The van der Waals surface area contributed by atoms with Crippen LogP contribution >= 0.6 is 23.1 Å². The summed E-state index contributed by atoms with van der Waals surface area (Å²) >= 11 is 2.64. The molecule has 0 bridgehead atoms. The average Bonchev–Trinajstić information content (AvgIpc) is 3.38. The number of urea groups is 1. The van der Waals surface area contributed by atoms with E-state index in [1.165, 1.54) is 57.2 Å². The molecule has 4 N–H and O–H groups in total. The smallest absolute Gasteiger partial charge is 1.00 e. The molecule has 3 atom stereocenters. The molecular weight excluding hydrogens is 507 g/mol. The molecule has 0 aliphatic carbocycles. The van der Waals surface area contributed by atoms with Crippen LogP contribution in [-0.4, -0.2) is 79.4 Å². The second kappa shape index (κ2) is 9.78. The Bertz CT molecular complexity index is 1260. The zero-order valence-electron chi connectivity index (χ0n) is 19.6. The number of anilines is 1. The van der Waals surface area contributed by atoms with Crippen LogP contribution < -0.4 is 40.6 Å². The SMILES string of the molecule is Cc1nnc(SCC2=C(C(=O)O)N3C(=O)[C@@H]4[C@H]3[C@@H](CN4C(=O)Nc3ccc(C(N)=O)cc3)O2)s1.[H-].[Na+]. The van der Waals surface area contributed by atoms with Gasteiger partial charge in [0, 0.05) is 11.3 Å². The predicted octanol–water partition coefficient (Wildman–Crippen LogP) is -2.02. The van der Waals surface area contributed by atoms with Gasteiger partial charge in [0.1, 0.15) is 29.0 Å². The zero-order valence-corrected chi connectivity index (χ0v) is 22.3. The molecule has 12 nitrogen and oxygen atoms in total. The number of primary amides is 1. The van der Waals surface area contributed by atoms with E-state index in [1.54, 1.807) is 0 Å². The van der Waals surface area contributed by atoms with E-state index in [9.17, 15) is 24.3 Å². The molecule has 4 amide bonds. The van der Waals surface area contributed by atoms with Gasteiger partial charge in [-0.3, -0.25) is 14.5 Å². The molecule has 0 saturated carbocycles. The van der Waals surface area contributed by atoms with E-state index in [4.69, 9.17) is 10.5 Å². The summed E-state index contributed by atoms with van der Waals surface area (Å²) in [7, 11) is 0. The number of nitrogens with two attached hydrogens (primary N) is 1. The minimum atomic E-state index is -1.27. The summed E-state index contributed by atoms with van der Waals surface area (Å²) in [5.41, 5.74) is 5.73. The molecular formula is C20H19N6NaO6S2. The summed E-state index contributed by atoms with van der Waals surface area (Å²) in [5.74, 6) is -2.02. The molecule has 2 fully saturated rings. The van der Waals surface area contributed by atoms with Crippen molar-refractivity contribution in [2.75, 3.05) is 17.6 Å². The number of aromatic nitrogens is 2. The number of nitrogens with zero attached hydrogens (tertiary/aromatic N) is 4. The summed E-state index contributed by atoms with van der Waals surface area (Å²) in [4.78, 5) is 51.6. The number of benzene rings is 1. The minimum absolute atomic E-state index is 0. The van der Waals surface area contributed by atoms with Crippen LogP contribution in [0.2, 0.25) is 0 Å². The van der Waals surface area contributed by atoms with Gasteiger partial charge in [0.25, 0.3) is 5.91 Å². The standard InChI is InChI=1S/C20H18N6O6S2.Na.H/c1-8-23-24-20(34-8)33-7-12-14(18(29)30)26-13-11(32-12)6-25(15(13)17(26)28)19(31)22-10-4-2-9(3-5-10)16(21)27;;/h2-5,11,13,15H,6-7H2,1H3,(H2,21,27)(H,22,31)(H,29,30);;/q;+1;-1/t11-,13-,15+;;/m1../s1. The van der Waals surface area contributed by atoms with Crippen LogP contribution in [-0.2, 0) is 14.3 Å². The predicted molar refractivity (Wildman–Crippen MR) is 121 cm³/mol. The van der Waals surface area contributed by atoms with Gasteiger partial charge in [-0.2, -0.15) is 0 Å². The first-order valence-corrected chi connectivity index (χ1v) is 11.9. The van der Waals surface area contributed by atoms with Crippen LogP contribution in [0.3, 0.4) is 0 Å². The number of aliphatic carboxylic acids is 1. The quantitative estimate of drug-likeness (QED) is 0.219. The van der Waals surface area contributed by atoms with Crippen molar-refractivity contribution in [3.63, 3.8) is 0 Å². The molecule has 4 heterocycles. The number of carbonyl (C=O) groups is 4. The molecule has 1 aromatic carbocycles. The van der Waals surface area contributed by atoms with Crippen LogP contribution in [0, 0.1) is 6.92 Å². The van der Waals surface area contributed by atoms with Crippen LogP contribution in [0.4, 0.5) is 10.5 Å². The second-order valence-electron chi connectivity index (χ2n) is 7.78. The van der Waals surface area contributed by atoms with E-state index in [2.05, 4.69) is 15.5 Å². The summed E-state index contributed by atoms with van der Waals surface area (Å²) in [6.07, 6.45) is -0.555. The number of rotatable bonds is 6. The molecule has 2 saturated heterocycles. The third-order valence-electron chi connectivity index (χ3n) is 5.72. The number of likely N-dealkylation sites (tertiary alicyclic amines) is 1. The first-order chi connectivity index (χ1) is 16.2. The first-order valence-electron chi connectivity index (χ1n) is 10.1. The molecule has 0 spiro atoms. The zero-order chi connectivity index (χ0) is 24.1. The van der Waals surface area contributed by atoms with Crippen LogP contribution in [0.1, 0.15) is 16.8 Å². The number of carboxylic acid groups (broad SMARTS) is 1. The van der Waals surface area contributed by atoms with Gasteiger partial charge in [-0.05, 0) is 31.2 Å². The van der Waals surface area contributed by atoms with Crippen molar-refractivity contribution >= 4 is 52.6 Å². The maximum atomic E-state index is 13.0. The molecule has 35 heavy (non-hydrogen) atoms. The summed E-state index contributed by atoms with van der Waals surface area (Å²) in [5, 5.41) is 21.2. The number of β-lactam (4-membered cyclic amide) rings is 1. The van der Waals surface area contributed by atoms with Crippen LogP contribution in [0.5, 0.6) is 0 Å². The summed E-state index contributed by atoms with van der Waals surface area (Å²) < 4.78 is 6.66. The maximum absolute atomic E-state index is 13.0. The van der Waals surface area contributed by atoms with Gasteiger partial charge >= 0.3 is 41.6 Å². The van der Waals surface area contributed by atoms with Gasteiger partial charge in [-0.15, -0.1) is 10.2 Å². The van der Waals surface area contributed by atoms with Crippen molar-refractivity contribution in [2.24, 2.45) is 5.73 Å². The molecule has 15 heteroatoms. The fraction of sp³-hybridized carbons (Fsp3) is 0.300. The average molecular weight is 527 g/mol. The number of carboxylic acids is 1. The van der Waals surface area contributed by atoms with Crippen molar-refractivity contribution in [3.8, 4) is 0 Å². The van der Waals surface area contributed by atoms with Gasteiger partial charge in [0.05, 0.1) is 12.3 Å². The number of amides is 4. The van der Waals surface area contributed by atoms with Gasteiger partial charge in [0.15, 0.2) is 10.0 Å². The molecule has 2 aromatic rings. The molecule has 178 valence electrons. The monoisotopic (exact) mass is 526 g/mol. The van der Waals surface area contributed by atoms with E-state index in [-0.39, 0.29) is 54.7 Å². The van der Waals surface area contributed by atoms with Gasteiger partial charge in [-0.1, -0.05) is 23.1 Å². The van der Waals surface area contributed by atoms with E-state index in [0.29, 0.717) is 15.6 Å². The van der Waals surface area contributed by atoms with E-state index >= 15 is 0 Å². The minimum Gasteiger partial charge on any atom is -1.00 e. The van der Waals surface area contributed by atoms with E-state index < -0.39 is 42.0 Å². The summed E-state index contributed by atoms with van der Waals surface area (Å²) in [6.45, 7) is 1.93. The fourth-order valence-corrected chi connectivity index (χ4v) is 6.00. The van der Waals surface area contributed by atoms with Crippen LogP contribution in [0.25, 0.3) is 0 Å². The Kier molecular flexibility index (Phi) is 7.11. The van der Waals surface area contributed by atoms with E-state index in [1.807, 2.05) is 6.92 Å². The second-order valence-corrected chi connectivity index (χ2v) is 10.2. The number of ether oxygens (including phenoxy) is 1. The molecule has 5 rings (SSSR count). The molecule has 0 radical (unpaired) electrons. The van der Waals surface area contributed by atoms with Crippen molar-refractivity contribution < 1.29 is 60.0 Å². The third kappa shape index (κ3) is 4.51. The largest absolute Gasteiger partial charge is 1.00 e. The van der Waals surface area contributed by atoms with Gasteiger partial charge in [0.2, 0.25) is 5.91 Å². The Morgan fingerprint density at radius 2 is 2.03 bits per heavy atom. The number of hydrogen-bond donors (Lipinski definition) is 3. The number of thioether (sulfide) groups is 1. The molecule has 3 aliphatic heterocycles. The summed E-state index contributed by atoms with van der Waals surface area (Å²) in [6, 6.07) is 4.10. The normalized spacial score (nSPS) is 22.1. The Balaban J connectivity index is 0.00000180. The fourth-order valence-electron chi connectivity index (χ4n) is 4.25. The first kappa shape index (κ1) is 25.4. The Hall–Kier alpha value is -2.65. The van der Waals surface area contributed by atoms with Crippen LogP contribution in [0.15, 0.2) is 40.1 Å². The molecule has 0 unspecified atom stereocenters. The van der Waals surface area contributed by atoms with Crippen molar-refractivity contribution in [1.29, 1.82) is 0 Å². The van der Waals surface area contributed by atoms with Crippen molar-refractivity contribution in [3.05, 3.63) is 46.3 Å². The Morgan fingerprint density at radius 1 is 1.31 bits per heavy atom. The number of carbonyl (C=O) groups excluding carboxylic acids is 3. The Labute approximate surface area is 230 Å². The Morgan fingerprint density at radius 3 is 2.63 bits per heavy atom. The van der Waals surface area contributed by atoms with Crippen molar-refractivity contribution in [1.82, 2.24) is 20.0 Å². The van der Waals surface area contributed by atoms with Gasteiger partial charge < -0.3 is 27.2 Å². The maximum Gasteiger partial charge on any atom is 1.00 e.